The Labute approximate surface area is 151 Å². The van der Waals surface area contributed by atoms with E-state index in [2.05, 4.69) is 4.74 Å². The van der Waals surface area contributed by atoms with Crippen molar-refractivity contribution in [3.05, 3.63) is 0 Å². The van der Waals surface area contributed by atoms with Gasteiger partial charge in [0.1, 0.15) is 0 Å². The Kier molecular flexibility index (Phi) is 5.02. The van der Waals surface area contributed by atoms with Gasteiger partial charge in [0.15, 0.2) is 0 Å². The second-order valence-electron chi connectivity index (χ2n) is 6.99. The summed E-state index contributed by atoms with van der Waals surface area (Å²) >= 11 is 0. The first-order chi connectivity index (χ1) is 9.61. The summed E-state index contributed by atoms with van der Waals surface area (Å²) in [7, 11) is -5.79. The molecule has 0 saturated heterocycles. The summed E-state index contributed by atoms with van der Waals surface area (Å²) in [5, 5.41) is -4.89. The van der Waals surface area contributed by atoms with E-state index < -0.39 is 21.3 Å². The molecule has 0 aromatic rings. The zero-order valence-corrected chi connectivity index (χ0v) is 15.2. The quantitative estimate of drug-likeness (QED) is 0.415. The fraction of sp³-hybridized carbons (Fsp3) is 0.923. The molecular weight excluding hydrogens is 329 g/mol. The molecule has 0 spiro atoms. The Morgan fingerprint density at radius 1 is 1.18 bits per heavy atom. The number of hydrogen-bond acceptors (Lipinski definition) is 4. The van der Waals surface area contributed by atoms with Gasteiger partial charge in [-0.2, -0.15) is 17.2 Å². The molecule has 0 unspecified atom stereocenters. The van der Waals surface area contributed by atoms with Gasteiger partial charge in [-0.05, 0) is 56.3 Å². The number of alkyl halides is 2. The van der Waals surface area contributed by atoms with Crippen molar-refractivity contribution in [3.63, 3.8) is 0 Å². The first-order valence-corrected chi connectivity index (χ1v) is 8.57. The van der Waals surface area contributed by atoms with Gasteiger partial charge >= 0.3 is 50.9 Å². The summed E-state index contributed by atoms with van der Waals surface area (Å²) in [6.45, 7) is -0.180. The number of halogens is 2. The molecule has 22 heavy (non-hydrogen) atoms. The van der Waals surface area contributed by atoms with Crippen LogP contribution in [0.3, 0.4) is 0 Å². The molecule has 9 heteroatoms. The van der Waals surface area contributed by atoms with Gasteiger partial charge in [0, 0.05) is 5.41 Å². The van der Waals surface area contributed by atoms with Crippen LogP contribution in [0.15, 0.2) is 0 Å². The van der Waals surface area contributed by atoms with Gasteiger partial charge in [0.2, 0.25) is 0 Å². The molecule has 5 nitrogen and oxygen atoms in total. The standard InChI is InChI=1S/C13H18F2O5S.Na.H/c14-13(15,21(17,18)19)11(16)20-7-12-4-8-1-9(5-12)3-10(2-8)6-12;;/h8-10H,1-7H2,(H,17,18,19);;/q;+1;-1. The molecular formula is C13H19F2NaO5S. The van der Waals surface area contributed by atoms with E-state index in [1.54, 1.807) is 0 Å². The number of carbonyl (C=O) groups is 1. The van der Waals surface area contributed by atoms with Gasteiger partial charge in [0.05, 0.1) is 6.61 Å². The van der Waals surface area contributed by atoms with Crippen LogP contribution in [0.25, 0.3) is 0 Å². The van der Waals surface area contributed by atoms with Crippen molar-refractivity contribution in [1.82, 2.24) is 0 Å². The van der Waals surface area contributed by atoms with E-state index in [9.17, 15) is 22.0 Å². The molecule has 0 amide bonds. The molecule has 4 rings (SSSR count). The zero-order valence-electron chi connectivity index (χ0n) is 13.4. The van der Waals surface area contributed by atoms with Gasteiger partial charge in [-0.3, -0.25) is 4.55 Å². The Morgan fingerprint density at radius 3 is 1.95 bits per heavy atom. The summed E-state index contributed by atoms with van der Waals surface area (Å²) in [5.74, 6) is -0.480. The molecule has 0 atom stereocenters. The molecule has 0 radical (unpaired) electrons. The zero-order chi connectivity index (χ0) is 15.5. The van der Waals surface area contributed by atoms with E-state index in [0.717, 1.165) is 38.5 Å². The Balaban J connectivity index is 0.00000132. The molecule has 4 aliphatic carbocycles. The first kappa shape index (κ1) is 18.6. The summed E-state index contributed by atoms with van der Waals surface area (Å²) < 4.78 is 60.4. The minimum atomic E-state index is -5.79. The van der Waals surface area contributed by atoms with E-state index in [0.29, 0.717) is 17.8 Å². The van der Waals surface area contributed by atoms with Crippen LogP contribution < -0.4 is 29.6 Å². The van der Waals surface area contributed by atoms with Crippen LogP contribution in [0.4, 0.5) is 8.78 Å². The van der Waals surface area contributed by atoms with Gasteiger partial charge in [-0.25, -0.2) is 4.79 Å². The number of esters is 1. The van der Waals surface area contributed by atoms with E-state index in [1.165, 1.54) is 0 Å². The maximum absolute atomic E-state index is 13.2. The van der Waals surface area contributed by atoms with Crippen molar-refractivity contribution in [2.45, 2.75) is 43.8 Å². The Hall–Kier alpha value is 0.240. The molecule has 0 aromatic heterocycles. The van der Waals surface area contributed by atoms with Crippen molar-refractivity contribution < 1.29 is 62.3 Å². The minimum Gasteiger partial charge on any atom is -1.00 e. The molecule has 4 saturated carbocycles. The van der Waals surface area contributed by atoms with Crippen LogP contribution in [0, 0.1) is 23.2 Å². The maximum atomic E-state index is 13.2. The SMILES string of the molecule is O=C(OCC12CC3CC(CC(C3)C1)C2)C(F)(F)S(=O)(=O)O.[H-].[Na+]. The van der Waals surface area contributed by atoms with Crippen LogP contribution >= 0.6 is 0 Å². The van der Waals surface area contributed by atoms with Gasteiger partial charge in [-0.15, -0.1) is 0 Å². The predicted octanol–water partition coefficient (Wildman–Crippen LogP) is -0.657. The molecule has 0 aliphatic heterocycles. The van der Waals surface area contributed by atoms with Gasteiger partial charge in [-0.1, -0.05) is 0 Å². The molecule has 1 N–H and O–H groups in total. The molecule has 4 aliphatic rings. The van der Waals surface area contributed by atoms with Crippen LogP contribution in [0.1, 0.15) is 40.0 Å². The normalized spacial score (nSPS) is 36.8. The average molecular weight is 348 g/mol. The Bertz CT molecular complexity index is 533. The average Bonchev–Trinajstić information content (AvgIpc) is 2.32. The van der Waals surface area contributed by atoms with Crippen LogP contribution in [-0.4, -0.2) is 30.8 Å². The first-order valence-electron chi connectivity index (χ1n) is 7.13. The van der Waals surface area contributed by atoms with Gasteiger partial charge in [0.25, 0.3) is 0 Å². The molecule has 0 aromatic carbocycles. The smallest absolute Gasteiger partial charge is 1.00 e. The van der Waals surface area contributed by atoms with E-state index >= 15 is 0 Å². The third kappa shape index (κ3) is 3.22. The topological polar surface area (TPSA) is 80.7 Å². The maximum Gasteiger partial charge on any atom is 1.00 e. The van der Waals surface area contributed by atoms with Crippen molar-refractivity contribution in [3.8, 4) is 0 Å². The van der Waals surface area contributed by atoms with Crippen molar-refractivity contribution in [2.75, 3.05) is 6.61 Å². The van der Waals surface area contributed by atoms with Crippen LogP contribution in [0.5, 0.6) is 0 Å². The summed E-state index contributed by atoms with van der Waals surface area (Å²) in [4.78, 5) is 11.3. The molecule has 4 fully saturated rings. The fourth-order valence-electron chi connectivity index (χ4n) is 4.87. The Morgan fingerprint density at radius 2 is 1.59 bits per heavy atom. The summed E-state index contributed by atoms with van der Waals surface area (Å²) in [6, 6.07) is 0. The van der Waals surface area contributed by atoms with Gasteiger partial charge < -0.3 is 6.16 Å². The summed E-state index contributed by atoms with van der Waals surface area (Å²) in [6.07, 6.45) is 6.04. The van der Waals surface area contributed by atoms with Crippen molar-refractivity contribution >= 4 is 16.1 Å². The monoisotopic (exact) mass is 348 g/mol. The molecule has 4 bridgehead atoms. The van der Waals surface area contributed by atoms with Crippen LogP contribution in [0.2, 0.25) is 0 Å². The predicted molar refractivity (Wildman–Crippen MR) is 69.2 cm³/mol. The molecule has 122 valence electrons. The second kappa shape index (κ2) is 5.95. The third-order valence-corrected chi connectivity index (χ3v) is 6.05. The van der Waals surface area contributed by atoms with Crippen molar-refractivity contribution in [1.29, 1.82) is 0 Å². The van der Waals surface area contributed by atoms with E-state index in [4.69, 9.17) is 4.55 Å². The number of rotatable bonds is 4. The largest absolute Gasteiger partial charge is 1.00 e. The van der Waals surface area contributed by atoms with Crippen molar-refractivity contribution in [2.24, 2.45) is 23.2 Å². The summed E-state index contributed by atoms with van der Waals surface area (Å²) in [5.41, 5.74) is -0.278. The fourth-order valence-corrected chi connectivity index (χ4v) is 5.14. The van der Waals surface area contributed by atoms with Crippen LogP contribution in [-0.2, 0) is 19.6 Å². The number of hydrogen-bond donors (Lipinski definition) is 1. The number of ether oxygens (including phenoxy) is 1. The van der Waals surface area contributed by atoms with E-state index in [1.807, 2.05) is 0 Å². The number of carbonyl (C=O) groups excluding carboxylic acids is 1. The molecule has 0 heterocycles. The second-order valence-corrected chi connectivity index (χ2v) is 8.45. The third-order valence-electron chi connectivity index (χ3n) is 5.24. The minimum absolute atomic E-state index is 0. The van der Waals surface area contributed by atoms with E-state index in [-0.39, 0.29) is 43.0 Å².